The zero-order valence-electron chi connectivity index (χ0n) is 15.1. The molecule has 2 aliphatic rings. The largest absolute Gasteiger partial charge is 0.471 e. The highest BCUT2D eigenvalue weighted by molar-refractivity contribution is 7.80. The van der Waals surface area contributed by atoms with Crippen LogP contribution in [0.2, 0.25) is 0 Å². The first-order valence-corrected chi connectivity index (χ1v) is 10.0. The Morgan fingerprint density at radius 2 is 1.92 bits per heavy atom. The number of hydrogen-bond donors (Lipinski definition) is 1. The molecule has 2 unspecified atom stereocenters. The molecule has 1 amide bonds. The highest BCUT2D eigenvalue weighted by Gasteiger charge is 2.35. The Bertz CT molecular complexity index is 621. The maximum Gasteiger partial charge on any atom is 0.261 e. The number of anilines is 1. The molecule has 1 saturated carbocycles. The number of carbonyl (C=O) groups excluding carboxylic acids is 1. The molecule has 142 valence electrons. The lowest BCUT2D eigenvalue weighted by Gasteiger charge is -2.44. The van der Waals surface area contributed by atoms with E-state index in [2.05, 4.69) is 10.2 Å². The fraction of sp³-hybridized carbons (Fsp3) is 0.600. The van der Waals surface area contributed by atoms with Gasteiger partial charge in [0.15, 0.2) is 0 Å². The zero-order valence-corrected chi connectivity index (χ0v) is 15.9. The number of amides is 1. The minimum absolute atomic E-state index is 0.245. The van der Waals surface area contributed by atoms with Crippen LogP contribution in [-0.4, -0.2) is 35.2 Å². The van der Waals surface area contributed by atoms with Gasteiger partial charge >= 0.3 is 0 Å². The molecular formula is C20H27FN2O2S. The summed E-state index contributed by atoms with van der Waals surface area (Å²) >= 11 is 5.13. The lowest BCUT2D eigenvalue weighted by atomic mass is 9.78. The minimum atomic E-state index is -0.293. The van der Waals surface area contributed by atoms with Crippen molar-refractivity contribution < 1.29 is 13.9 Å². The van der Waals surface area contributed by atoms with Crippen molar-refractivity contribution >= 4 is 29.0 Å². The van der Waals surface area contributed by atoms with Gasteiger partial charge in [0.05, 0.1) is 6.61 Å². The average Bonchev–Trinajstić information content (AvgIpc) is 2.66. The first-order chi connectivity index (χ1) is 12.6. The molecular weight excluding hydrogens is 351 g/mol. The van der Waals surface area contributed by atoms with Gasteiger partial charge in [0.1, 0.15) is 5.82 Å². The Hall–Kier alpha value is -1.69. The third-order valence-corrected chi connectivity index (χ3v) is 5.64. The fourth-order valence-electron chi connectivity index (χ4n) is 4.15. The second-order valence-electron chi connectivity index (χ2n) is 7.21. The molecule has 1 aromatic rings. The molecule has 0 radical (unpaired) electrons. The van der Waals surface area contributed by atoms with Crippen LogP contribution in [0, 0.1) is 11.7 Å². The van der Waals surface area contributed by atoms with Crippen molar-refractivity contribution in [3.8, 4) is 0 Å². The van der Waals surface area contributed by atoms with E-state index in [4.69, 9.17) is 17.0 Å². The number of carbonyl (C=O) groups is 1. The Morgan fingerprint density at radius 3 is 2.73 bits per heavy atom. The topological polar surface area (TPSA) is 41.6 Å². The van der Waals surface area contributed by atoms with Crippen molar-refractivity contribution in [1.82, 2.24) is 4.90 Å². The molecule has 1 heterocycles. The van der Waals surface area contributed by atoms with Crippen LogP contribution in [-0.2, 0) is 9.53 Å². The van der Waals surface area contributed by atoms with Crippen LogP contribution in [0.25, 0.3) is 0 Å². The molecule has 1 aromatic carbocycles. The third-order valence-electron chi connectivity index (χ3n) is 5.42. The normalized spacial score (nSPS) is 22.4. The van der Waals surface area contributed by atoms with Crippen molar-refractivity contribution in [2.45, 2.75) is 57.4 Å². The molecule has 3 rings (SSSR count). The average molecular weight is 379 g/mol. The maximum atomic E-state index is 12.9. The standard InChI is InChI=1S/C20H27FN2O2S/c21-16-9-11-17(12-10-16)22-20(26)25-14-4-8-19(24)23-13-3-6-15-5-1-2-7-18(15)23/h9-12,15,18H,1-8,13-14H2,(H,22,26). The summed E-state index contributed by atoms with van der Waals surface area (Å²) in [5.41, 5.74) is 0.684. The summed E-state index contributed by atoms with van der Waals surface area (Å²) in [4.78, 5) is 14.7. The monoisotopic (exact) mass is 378 g/mol. The molecule has 1 N–H and O–H groups in total. The highest BCUT2D eigenvalue weighted by atomic mass is 32.1. The molecule has 6 heteroatoms. The smallest absolute Gasteiger partial charge is 0.261 e. The van der Waals surface area contributed by atoms with Crippen molar-refractivity contribution in [3.05, 3.63) is 30.1 Å². The molecule has 2 fully saturated rings. The van der Waals surface area contributed by atoms with Crippen molar-refractivity contribution in [2.75, 3.05) is 18.5 Å². The first kappa shape index (κ1) is 19.1. The summed E-state index contributed by atoms with van der Waals surface area (Å²) in [7, 11) is 0. The number of ether oxygens (including phenoxy) is 1. The molecule has 26 heavy (non-hydrogen) atoms. The van der Waals surface area contributed by atoms with Crippen LogP contribution in [0.1, 0.15) is 51.4 Å². The van der Waals surface area contributed by atoms with Crippen LogP contribution in [0.15, 0.2) is 24.3 Å². The Morgan fingerprint density at radius 1 is 1.19 bits per heavy atom. The van der Waals surface area contributed by atoms with E-state index in [1.165, 1.54) is 44.2 Å². The van der Waals surface area contributed by atoms with Crippen LogP contribution in [0.5, 0.6) is 0 Å². The number of rotatable bonds is 5. The molecule has 0 aromatic heterocycles. The van der Waals surface area contributed by atoms with Gasteiger partial charge in [0, 0.05) is 24.7 Å². The van der Waals surface area contributed by atoms with Gasteiger partial charge in [-0.25, -0.2) is 4.39 Å². The van der Waals surface area contributed by atoms with Crippen LogP contribution in [0.4, 0.5) is 10.1 Å². The van der Waals surface area contributed by atoms with Gasteiger partial charge in [-0.3, -0.25) is 4.79 Å². The third kappa shape index (κ3) is 5.16. The molecule has 1 saturated heterocycles. The zero-order chi connectivity index (χ0) is 18.4. The fourth-order valence-corrected chi connectivity index (χ4v) is 4.35. The van der Waals surface area contributed by atoms with E-state index >= 15 is 0 Å². The van der Waals surface area contributed by atoms with E-state index in [9.17, 15) is 9.18 Å². The number of hydrogen-bond acceptors (Lipinski definition) is 3. The van der Waals surface area contributed by atoms with Gasteiger partial charge in [-0.15, -0.1) is 0 Å². The number of likely N-dealkylation sites (tertiary alicyclic amines) is 1. The van der Waals surface area contributed by atoms with Gasteiger partial charge in [-0.1, -0.05) is 12.8 Å². The quantitative estimate of drug-likeness (QED) is 0.605. The van der Waals surface area contributed by atoms with Gasteiger partial charge in [-0.2, -0.15) is 0 Å². The number of thiocarbonyl (C=S) groups is 1. The second-order valence-corrected chi connectivity index (χ2v) is 7.58. The number of halogens is 1. The van der Waals surface area contributed by atoms with Crippen molar-refractivity contribution in [3.63, 3.8) is 0 Å². The van der Waals surface area contributed by atoms with Gasteiger partial charge in [-0.05, 0) is 74.5 Å². The summed E-state index contributed by atoms with van der Waals surface area (Å²) in [5.74, 6) is 0.673. The van der Waals surface area contributed by atoms with Gasteiger partial charge < -0.3 is 15.0 Å². The molecule has 0 spiro atoms. The van der Waals surface area contributed by atoms with Crippen LogP contribution in [0.3, 0.4) is 0 Å². The summed E-state index contributed by atoms with van der Waals surface area (Å²) in [5, 5.41) is 3.15. The summed E-state index contributed by atoms with van der Waals surface area (Å²) in [6.45, 7) is 1.31. The van der Waals surface area contributed by atoms with Crippen molar-refractivity contribution in [2.24, 2.45) is 5.92 Å². The number of benzene rings is 1. The Kier molecular flexibility index (Phi) is 6.83. The SMILES string of the molecule is O=C(CCCOC(=S)Nc1ccc(F)cc1)N1CCCC2CCCCC21. The Balaban J connectivity index is 1.36. The number of nitrogens with zero attached hydrogens (tertiary/aromatic N) is 1. The number of nitrogens with one attached hydrogen (secondary N) is 1. The van der Waals surface area contributed by atoms with E-state index < -0.39 is 0 Å². The van der Waals surface area contributed by atoms with Crippen LogP contribution >= 0.6 is 12.2 Å². The molecule has 2 atom stereocenters. The molecule has 1 aliphatic carbocycles. The highest BCUT2D eigenvalue weighted by Crippen LogP contribution is 2.35. The summed E-state index contributed by atoms with van der Waals surface area (Å²) in [6.07, 6.45) is 8.57. The molecule has 4 nitrogen and oxygen atoms in total. The van der Waals surface area contributed by atoms with E-state index in [1.807, 2.05) is 0 Å². The van der Waals surface area contributed by atoms with E-state index in [-0.39, 0.29) is 16.9 Å². The maximum absolute atomic E-state index is 12.9. The molecule has 0 bridgehead atoms. The van der Waals surface area contributed by atoms with E-state index in [0.717, 1.165) is 13.0 Å². The summed E-state index contributed by atoms with van der Waals surface area (Å²) in [6, 6.07) is 6.39. The van der Waals surface area contributed by atoms with Gasteiger partial charge in [0.2, 0.25) is 5.91 Å². The predicted molar refractivity (Wildman–Crippen MR) is 104 cm³/mol. The lowest BCUT2D eigenvalue weighted by molar-refractivity contribution is -0.137. The first-order valence-electron chi connectivity index (χ1n) is 9.62. The number of fused-ring (bicyclic) bond motifs is 1. The second kappa shape index (κ2) is 9.31. The molecule has 1 aliphatic heterocycles. The minimum Gasteiger partial charge on any atom is -0.471 e. The Labute approximate surface area is 160 Å². The van der Waals surface area contributed by atoms with Gasteiger partial charge in [0.25, 0.3) is 5.17 Å². The summed E-state index contributed by atoms with van der Waals surface area (Å²) < 4.78 is 18.4. The van der Waals surface area contributed by atoms with Crippen molar-refractivity contribution in [1.29, 1.82) is 0 Å². The predicted octanol–water partition coefficient (Wildman–Crippen LogP) is 4.50. The van der Waals surface area contributed by atoms with E-state index in [0.29, 0.717) is 37.1 Å². The lowest BCUT2D eigenvalue weighted by Crippen LogP contribution is -2.49. The van der Waals surface area contributed by atoms with E-state index in [1.54, 1.807) is 12.1 Å². The van der Waals surface area contributed by atoms with Crippen LogP contribution < -0.4 is 5.32 Å². The number of piperidine rings is 1.